The lowest BCUT2D eigenvalue weighted by atomic mass is 10.0. The first kappa shape index (κ1) is 22.9. The van der Waals surface area contributed by atoms with E-state index < -0.39 is 10.0 Å². The zero-order valence-corrected chi connectivity index (χ0v) is 19.8. The molecule has 2 aliphatic rings. The summed E-state index contributed by atoms with van der Waals surface area (Å²) in [5.41, 5.74) is 2.65. The van der Waals surface area contributed by atoms with Gasteiger partial charge in [-0.2, -0.15) is 14.5 Å². The highest BCUT2D eigenvalue weighted by Gasteiger charge is 2.32. The number of ether oxygens (including phenoxy) is 1. The van der Waals surface area contributed by atoms with Gasteiger partial charge in [0.05, 0.1) is 23.2 Å². The molecular weight excluding hydrogens is 452 g/mol. The van der Waals surface area contributed by atoms with E-state index >= 15 is 0 Å². The first-order valence-corrected chi connectivity index (χ1v) is 13.2. The summed E-state index contributed by atoms with van der Waals surface area (Å²) in [5, 5.41) is 9.09. The predicted octanol–water partition coefficient (Wildman–Crippen LogP) is 3.09. The van der Waals surface area contributed by atoms with Crippen molar-refractivity contribution < 1.29 is 17.9 Å². The van der Waals surface area contributed by atoms with Crippen LogP contribution in [0, 0.1) is 0 Å². The molecule has 8 nitrogen and oxygen atoms in total. The van der Waals surface area contributed by atoms with E-state index in [1.54, 1.807) is 18.3 Å². The Morgan fingerprint density at radius 1 is 0.912 bits per heavy atom. The van der Waals surface area contributed by atoms with Crippen LogP contribution >= 0.6 is 0 Å². The molecule has 2 fully saturated rings. The summed E-state index contributed by atoms with van der Waals surface area (Å²) in [6.45, 7) is 1.49. The Morgan fingerprint density at radius 2 is 1.68 bits per heavy atom. The molecule has 1 aliphatic heterocycles. The summed E-state index contributed by atoms with van der Waals surface area (Å²) in [7, 11) is -3.67. The molecule has 178 valence electrons. The number of aromatic nitrogens is 2. The Balaban J connectivity index is 1.31. The summed E-state index contributed by atoms with van der Waals surface area (Å²) in [5.74, 6) is 0.00840. The van der Waals surface area contributed by atoms with E-state index in [-0.39, 0.29) is 30.6 Å². The second-order valence-electron chi connectivity index (χ2n) is 8.81. The van der Waals surface area contributed by atoms with Crippen LogP contribution in [0.15, 0.2) is 59.6 Å². The number of sulfonamides is 1. The van der Waals surface area contributed by atoms with Crippen LogP contribution in [0.2, 0.25) is 0 Å². The molecule has 34 heavy (non-hydrogen) atoms. The average molecular weight is 481 g/mol. The van der Waals surface area contributed by atoms with Gasteiger partial charge in [0.15, 0.2) is 0 Å². The molecule has 1 aliphatic carbocycles. The van der Waals surface area contributed by atoms with Gasteiger partial charge in [-0.3, -0.25) is 4.79 Å². The lowest BCUT2D eigenvalue weighted by Crippen LogP contribution is -2.36. The van der Waals surface area contributed by atoms with E-state index in [1.807, 2.05) is 41.3 Å². The molecule has 5 rings (SSSR count). The first-order valence-electron chi connectivity index (χ1n) is 11.7. The first-order chi connectivity index (χ1) is 16.5. The quantitative estimate of drug-likeness (QED) is 0.570. The second kappa shape index (κ2) is 9.77. The van der Waals surface area contributed by atoms with Gasteiger partial charge in [-0.1, -0.05) is 24.3 Å². The number of benzene rings is 2. The van der Waals surface area contributed by atoms with E-state index in [1.165, 1.54) is 4.31 Å². The van der Waals surface area contributed by atoms with Gasteiger partial charge < -0.3 is 9.64 Å². The van der Waals surface area contributed by atoms with Crippen LogP contribution in [0.25, 0.3) is 22.0 Å². The van der Waals surface area contributed by atoms with Crippen molar-refractivity contribution in [3.05, 3.63) is 54.7 Å². The maximum absolute atomic E-state index is 13.4. The number of carbonyl (C=O) groups excluding carboxylic acids is 1. The highest BCUT2D eigenvalue weighted by atomic mass is 32.2. The number of hydrogen-bond acceptors (Lipinski definition) is 6. The lowest BCUT2D eigenvalue weighted by Gasteiger charge is -2.22. The van der Waals surface area contributed by atoms with Crippen molar-refractivity contribution >= 4 is 26.8 Å². The molecule has 0 radical (unpaired) electrons. The van der Waals surface area contributed by atoms with Crippen LogP contribution in [-0.4, -0.2) is 72.6 Å². The number of nitrogens with zero attached hydrogens (tertiary/aromatic N) is 4. The summed E-state index contributed by atoms with van der Waals surface area (Å²) in [6.07, 6.45) is 5.23. The van der Waals surface area contributed by atoms with Gasteiger partial charge in [0, 0.05) is 31.1 Å². The fourth-order valence-corrected chi connectivity index (χ4v) is 5.82. The van der Waals surface area contributed by atoms with E-state index in [9.17, 15) is 13.2 Å². The summed E-state index contributed by atoms with van der Waals surface area (Å²) in [4.78, 5) is 14.6. The Kier molecular flexibility index (Phi) is 6.58. The topological polar surface area (TPSA) is 92.7 Å². The fraction of sp³-hybridized carbons (Fsp3) is 0.400. The SMILES string of the molecule is O=C1COCCN(S(=O)(=O)c2ccc(-c3ccc4ccnnc4c3)cc2)CCCCN1C1CC1. The van der Waals surface area contributed by atoms with Crippen LogP contribution in [0.5, 0.6) is 0 Å². The van der Waals surface area contributed by atoms with Crippen molar-refractivity contribution in [3.8, 4) is 11.1 Å². The van der Waals surface area contributed by atoms with Crippen molar-refractivity contribution in [3.63, 3.8) is 0 Å². The zero-order valence-electron chi connectivity index (χ0n) is 19.0. The maximum atomic E-state index is 13.4. The van der Waals surface area contributed by atoms with Crippen molar-refractivity contribution in [1.82, 2.24) is 19.4 Å². The molecule has 1 saturated heterocycles. The number of carbonyl (C=O) groups is 1. The third-order valence-corrected chi connectivity index (χ3v) is 8.33. The van der Waals surface area contributed by atoms with E-state index in [0.29, 0.717) is 25.6 Å². The third-order valence-electron chi connectivity index (χ3n) is 6.42. The van der Waals surface area contributed by atoms with E-state index in [2.05, 4.69) is 10.2 Å². The van der Waals surface area contributed by atoms with Gasteiger partial charge in [0.2, 0.25) is 15.9 Å². The molecule has 9 heteroatoms. The van der Waals surface area contributed by atoms with Crippen LogP contribution in [0.4, 0.5) is 0 Å². The Labute approximate surface area is 199 Å². The van der Waals surface area contributed by atoms with Crippen LogP contribution in [0.1, 0.15) is 25.7 Å². The molecule has 1 amide bonds. The molecule has 2 heterocycles. The van der Waals surface area contributed by atoms with E-state index in [4.69, 9.17) is 4.74 Å². The van der Waals surface area contributed by atoms with Crippen LogP contribution in [-0.2, 0) is 19.6 Å². The number of rotatable bonds is 4. The van der Waals surface area contributed by atoms with Crippen molar-refractivity contribution in [2.45, 2.75) is 36.6 Å². The molecule has 1 saturated carbocycles. The van der Waals surface area contributed by atoms with Gasteiger partial charge in [-0.25, -0.2) is 8.42 Å². The molecular formula is C25H28N4O4S. The zero-order chi connectivity index (χ0) is 23.5. The minimum atomic E-state index is -3.67. The molecule has 2 aromatic carbocycles. The largest absolute Gasteiger partial charge is 0.370 e. The normalized spacial score (nSPS) is 19.2. The smallest absolute Gasteiger partial charge is 0.248 e. The van der Waals surface area contributed by atoms with Gasteiger partial charge in [0.1, 0.15) is 6.61 Å². The standard InChI is InChI=1S/C25H28N4O4S/c30-25-18-33-16-15-28(13-1-2-14-29(25)22-7-8-22)34(31,32)23-9-5-19(6-10-23)21-4-3-20-11-12-26-27-24(20)17-21/h3-6,9-12,17,22H,1-2,7-8,13-16,18H2. The highest BCUT2D eigenvalue weighted by Crippen LogP contribution is 2.28. The van der Waals surface area contributed by atoms with Crippen molar-refractivity contribution in [2.24, 2.45) is 0 Å². The van der Waals surface area contributed by atoms with Crippen LogP contribution < -0.4 is 0 Å². The number of fused-ring (bicyclic) bond motifs is 1. The number of amides is 1. The minimum Gasteiger partial charge on any atom is -0.370 e. The Bertz CT molecular complexity index is 1280. The molecule has 0 atom stereocenters. The lowest BCUT2D eigenvalue weighted by molar-refractivity contribution is -0.136. The second-order valence-corrected chi connectivity index (χ2v) is 10.7. The molecule has 0 unspecified atom stereocenters. The molecule has 3 aromatic rings. The molecule has 0 N–H and O–H groups in total. The van der Waals surface area contributed by atoms with Crippen molar-refractivity contribution in [2.75, 3.05) is 32.8 Å². The molecule has 1 aromatic heterocycles. The molecule has 0 bridgehead atoms. The van der Waals surface area contributed by atoms with Gasteiger partial charge in [-0.05, 0) is 61.1 Å². The highest BCUT2D eigenvalue weighted by molar-refractivity contribution is 7.89. The van der Waals surface area contributed by atoms with Gasteiger partial charge >= 0.3 is 0 Å². The third kappa shape index (κ3) is 4.96. The molecule has 0 spiro atoms. The average Bonchev–Trinajstić information content (AvgIpc) is 3.69. The summed E-state index contributed by atoms with van der Waals surface area (Å²) >= 11 is 0. The number of hydrogen-bond donors (Lipinski definition) is 0. The van der Waals surface area contributed by atoms with Crippen LogP contribution in [0.3, 0.4) is 0 Å². The summed E-state index contributed by atoms with van der Waals surface area (Å²) in [6, 6.07) is 15.1. The maximum Gasteiger partial charge on any atom is 0.248 e. The summed E-state index contributed by atoms with van der Waals surface area (Å²) < 4.78 is 33.8. The van der Waals surface area contributed by atoms with Gasteiger partial charge in [-0.15, -0.1) is 0 Å². The van der Waals surface area contributed by atoms with Gasteiger partial charge in [0.25, 0.3) is 0 Å². The van der Waals surface area contributed by atoms with Crippen molar-refractivity contribution in [1.29, 1.82) is 0 Å². The Hall–Kier alpha value is -2.88. The fourth-order valence-electron chi connectivity index (χ4n) is 4.36. The minimum absolute atomic E-state index is 0.00840. The monoisotopic (exact) mass is 480 g/mol. The van der Waals surface area contributed by atoms with E-state index in [0.717, 1.165) is 41.3 Å². The Morgan fingerprint density at radius 3 is 2.47 bits per heavy atom. The predicted molar refractivity (Wildman–Crippen MR) is 129 cm³/mol.